The SMILES string of the molecule is CC1CN(C(=O)C2=C[N+]3=C(c4ccc(F)cc4)C=C(C(F)(F)F)C3=N2)CCN1C(=O)C1CCCCC1. The molecule has 190 valence electrons. The summed E-state index contributed by atoms with van der Waals surface area (Å²) in [6.07, 6.45) is 2.64. The first kappa shape index (κ1) is 24.4. The fourth-order valence-corrected chi connectivity index (χ4v) is 5.39. The maximum Gasteiger partial charge on any atom is 0.424 e. The minimum atomic E-state index is -4.68. The van der Waals surface area contributed by atoms with Crippen LogP contribution in [0.4, 0.5) is 17.6 Å². The van der Waals surface area contributed by atoms with Gasteiger partial charge >= 0.3 is 17.9 Å². The van der Waals surface area contributed by atoms with Crippen molar-refractivity contribution >= 4 is 23.4 Å². The van der Waals surface area contributed by atoms with Crippen LogP contribution in [0, 0.1) is 11.7 Å². The third-order valence-electron chi connectivity index (χ3n) is 7.30. The summed E-state index contributed by atoms with van der Waals surface area (Å²) in [5, 5.41) is 0. The van der Waals surface area contributed by atoms with Gasteiger partial charge in [0.1, 0.15) is 11.5 Å². The number of piperazine rings is 1. The van der Waals surface area contributed by atoms with E-state index >= 15 is 0 Å². The highest BCUT2D eigenvalue weighted by Gasteiger charge is 2.50. The first-order valence-electron chi connectivity index (χ1n) is 12.2. The normalized spacial score (nSPS) is 22.9. The van der Waals surface area contributed by atoms with E-state index in [1.165, 1.54) is 35.0 Å². The van der Waals surface area contributed by atoms with Gasteiger partial charge in [-0.3, -0.25) is 9.59 Å². The van der Waals surface area contributed by atoms with E-state index in [-0.39, 0.29) is 41.7 Å². The highest BCUT2D eigenvalue weighted by atomic mass is 19.4. The van der Waals surface area contributed by atoms with E-state index < -0.39 is 23.5 Å². The van der Waals surface area contributed by atoms with Gasteiger partial charge in [-0.15, -0.1) is 0 Å². The van der Waals surface area contributed by atoms with E-state index in [0.29, 0.717) is 18.7 Å². The molecule has 1 saturated carbocycles. The standard InChI is InChI=1S/C26H27F4N4O2/c1-16-14-32(11-12-33(16)24(35)18-5-3-2-4-6-18)25(36)21-15-34-22(17-7-9-19(27)10-8-17)13-20(23(34)31-21)26(28,29)30/h7-10,13,15-16,18H,2-6,11-12,14H2,1H3/q+1. The van der Waals surface area contributed by atoms with Crippen LogP contribution < -0.4 is 0 Å². The van der Waals surface area contributed by atoms with E-state index in [0.717, 1.165) is 38.2 Å². The fraction of sp³-hybridized carbons (Fsp3) is 0.462. The number of nitrogens with zero attached hydrogens (tertiary/aromatic N) is 4. The smallest absolute Gasteiger partial charge is 0.336 e. The Morgan fingerprint density at radius 2 is 1.75 bits per heavy atom. The lowest BCUT2D eigenvalue weighted by Gasteiger charge is -2.41. The lowest BCUT2D eigenvalue weighted by atomic mass is 9.88. The van der Waals surface area contributed by atoms with Crippen molar-refractivity contribution in [1.82, 2.24) is 9.80 Å². The molecule has 36 heavy (non-hydrogen) atoms. The Morgan fingerprint density at radius 1 is 1.06 bits per heavy atom. The van der Waals surface area contributed by atoms with Gasteiger partial charge < -0.3 is 9.80 Å². The molecule has 0 spiro atoms. The molecular formula is C26H27F4N4O2+. The van der Waals surface area contributed by atoms with Crippen molar-refractivity contribution in [3.8, 4) is 0 Å². The molecule has 2 fully saturated rings. The number of allylic oxidation sites excluding steroid dienone is 1. The molecule has 1 aromatic carbocycles. The molecule has 2 amide bonds. The van der Waals surface area contributed by atoms with E-state index in [1.54, 1.807) is 4.90 Å². The van der Waals surface area contributed by atoms with Crippen LogP contribution in [-0.2, 0) is 9.59 Å². The third kappa shape index (κ3) is 4.49. The van der Waals surface area contributed by atoms with Crippen molar-refractivity contribution in [3.63, 3.8) is 0 Å². The number of carbonyl (C=O) groups is 2. The summed E-state index contributed by atoms with van der Waals surface area (Å²) in [4.78, 5) is 33.7. The van der Waals surface area contributed by atoms with E-state index in [2.05, 4.69) is 4.99 Å². The van der Waals surface area contributed by atoms with Crippen LogP contribution in [-0.4, -0.2) is 69.6 Å². The first-order valence-corrected chi connectivity index (χ1v) is 12.2. The zero-order chi connectivity index (χ0) is 25.6. The monoisotopic (exact) mass is 503 g/mol. The molecule has 0 N–H and O–H groups in total. The maximum atomic E-state index is 13.8. The molecule has 1 atom stereocenters. The lowest BCUT2D eigenvalue weighted by molar-refractivity contribution is -0.317. The molecule has 0 aromatic heterocycles. The van der Waals surface area contributed by atoms with Gasteiger partial charge in [0.15, 0.2) is 11.8 Å². The Balaban J connectivity index is 1.36. The van der Waals surface area contributed by atoms with E-state index in [4.69, 9.17) is 0 Å². The quantitative estimate of drug-likeness (QED) is 0.462. The van der Waals surface area contributed by atoms with Gasteiger partial charge in [0.2, 0.25) is 5.91 Å². The summed E-state index contributed by atoms with van der Waals surface area (Å²) in [6.45, 7) is 2.85. The zero-order valence-corrected chi connectivity index (χ0v) is 19.9. The second kappa shape index (κ2) is 9.29. The number of alkyl halides is 3. The van der Waals surface area contributed by atoms with Gasteiger partial charge in [-0.25, -0.2) is 4.39 Å². The molecule has 1 unspecified atom stereocenters. The summed E-state index contributed by atoms with van der Waals surface area (Å²) in [6, 6.07) is 4.91. The Kier molecular flexibility index (Phi) is 6.30. The van der Waals surface area contributed by atoms with Crippen molar-refractivity contribution in [2.75, 3.05) is 19.6 Å². The number of amidine groups is 1. The van der Waals surface area contributed by atoms with Gasteiger partial charge in [-0.05, 0) is 49.0 Å². The summed E-state index contributed by atoms with van der Waals surface area (Å²) in [5.74, 6) is -1.19. The fourth-order valence-electron chi connectivity index (χ4n) is 5.39. The Hall–Kier alpha value is -3.30. The summed E-state index contributed by atoms with van der Waals surface area (Å²) >= 11 is 0. The molecule has 6 nitrogen and oxygen atoms in total. The first-order chi connectivity index (χ1) is 17.1. The van der Waals surface area contributed by atoms with Crippen LogP contribution in [0.25, 0.3) is 0 Å². The van der Waals surface area contributed by atoms with Gasteiger partial charge in [0.05, 0.1) is 0 Å². The van der Waals surface area contributed by atoms with Gasteiger partial charge in [0, 0.05) is 43.2 Å². The van der Waals surface area contributed by atoms with Crippen molar-refractivity contribution in [2.45, 2.75) is 51.2 Å². The third-order valence-corrected chi connectivity index (χ3v) is 7.30. The van der Waals surface area contributed by atoms with Crippen molar-refractivity contribution < 1.29 is 31.7 Å². The number of rotatable bonds is 3. The number of fused-ring (bicyclic) bond motifs is 1. The lowest BCUT2D eigenvalue weighted by Crippen LogP contribution is -2.56. The Bertz CT molecular complexity index is 1210. The number of benzene rings is 1. The minimum absolute atomic E-state index is 0.0348. The van der Waals surface area contributed by atoms with Crippen molar-refractivity contribution in [2.24, 2.45) is 10.9 Å². The molecule has 1 saturated heterocycles. The highest BCUT2D eigenvalue weighted by Crippen LogP contribution is 2.34. The summed E-state index contributed by atoms with van der Waals surface area (Å²) < 4.78 is 55.9. The average molecular weight is 504 g/mol. The van der Waals surface area contributed by atoms with Crippen LogP contribution in [0.1, 0.15) is 44.6 Å². The molecule has 1 aliphatic carbocycles. The highest BCUT2D eigenvalue weighted by molar-refractivity contribution is 6.19. The van der Waals surface area contributed by atoms with Crippen molar-refractivity contribution in [1.29, 1.82) is 0 Å². The molecule has 5 rings (SSSR count). The topological polar surface area (TPSA) is 56.0 Å². The molecule has 0 radical (unpaired) electrons. The van der Waals surface area contributed by atoms with Gasteiger partial charge in [-0.2, -0.15) is 17.7 Å². The van der Waals surface area contributed by atoms with Crippen LogP contribution in [0.5, 0.6) is 0 Å². The maximum absolute atomic E-state index is 13.8. The second-order valence-corrected chi connectivity index (χ2v) is 9.73. The number of hydrogen-bond acceptors (Lipinski definition) is 3. The molecule has 10 heteroatoms. The number of halogens is 4. The number of amides is 2. The predicted octanol–water partition coefficient (Wildman–Crippen LogP) is 4.02. The number of hydrogen-bond donors (Lipinski definition) is 0. The largest absolute Gasteiger partial charge is 0.424 e. The second-order valence-electron chi connectivity index (χ2n) is 9.73. The predicted molar refractivity (Wildman–Crippen MR) is 125 cm³/mol. The van der Waals surface area contributed by atoms with Crippen LogP contribution in [0.2, 0.25) is 0 Å². The van der Waals surface area contributed by atoms with Crippen molar-refractivity contribution in [3.05, 3.63) is 59.2 Å². The molecule has 0 bridgehead atoms. The van der Waals surface area contributed by atoms with Gasteiger partial charge in [0.25, 0.3) is 5.70 Å². The summed E-state index contributed by atoms with van der Waals surface area (Å²) in [7, 11) is 0. The van der Waals surface area contributed by atoms with Crippen LogP contribution >= 0.6 is 0 Å². The minimum Gasteiger partial charge on any atom is -0.336 e. The zero-order valence-electron chi connectivity index (χ0n) is 19.9. The van der Waals surface area contributed by atoms with Gasteiger partial charge in [-0.1, -0.05) is 19.3 Å². The van der Waals surface area contributed by atoms with Crippen LogP contribution in [0.3, 0.4) is 0 Å². The molecule has 1 aromatic rings. The van der Waals surface area contributed by atoms with E-state index in [9.17, 15) is 27.2 Å². The average Bonchev–Trinajstić information content (AvgIpc) is 3.44. The summed E-state index contributed by atoms with van der Waals surface area (Å²) in [5.41, 5.74) is -0.521. The van der Waals surface area contributed by atoms with E-state index in [1.807, 2.05) is 11.8 Å². The Labute approximate surface area is 206 Å². The molecule has 4 aliphatic rings. The Morgan fingerprint density at radius 3 is 2.39 bits per heavy atom. The van der Waals surface area contributed by atoms with Crippen LogP contribution in [0.15, 0.2) is 52.8 Å². The molecular weight excluding hydrogens is 476 g/mol. The number of carbonyl (C=O) groups excluding carboxylic acids is 2. The molecule has 3 heterocycles. The molecule has 3 aliphatic heterocycles. The number of aliphatic imine (C=N–C) groups is 1.